The van der Waals surface area contributed by atoms with E-state index in [-0.39, 0.29) is 16.0 Å². The Bertz CT molecular complexity index is 710. The van der Waals surface area contributed by atoms with E-state index < -0.39 is 20.7 Å². The molecule has 126 valence electrons. The second-order valence-corrected chi connectivity index (χ2v) is 8.44. The minimum atomic E-state index is -3.65. The maximum absolute atomic E-state index is 12.5. The summed E-state index contributed by atoms with van der Waals surface area (Å²) in [6, 6.07) is 4.90. The van der Waals surface area contributed by atoms with Crippen LogP contribution in [-0.4, -0.2) is 49.7 Å². The number of benzene rings is 1. The average molecular weight is 342 g/mol. The third kappa shape index (κ3) is 2.97. The quantitative estimate of drug-likeness (QED) is 0.608. The molecule has 8 nitrogen and oxygen atoms in total. The maximum Gasteiger partial charge on any atom is 0.269 e. The molecule has 3 rings (SSSR count). The molecule has 0 N–H and O–H groups in total. The maximum atomic E-state index is 12.5. The van der Waals surface area contributed by atoms with Crippen molar-refractivity contribution < 1.29 is 22.8 Å². The van der Waals surface area contributed by atoms with Crippen LogP contribution in [0.1, 0.15) is 13.8 Å². The van der Waals surface area contributed by atoms with E-state index in [9.17, 15) is 18.5 Å². The molecule has 2 fully saturated rings. The molecule has 2 aliphatic rings. The number of nitro benzene ring substituents is 1. The molecule has 0 unspecified atom stereocenters. The summed E-state index contributed by atoms with van der Waals surface area (Å²) >= 11 is 0. The van der Waals surface area contributed by atoms with Gasteiger partial charge in [0.05, 0.1) is 23.0 Å². The summed E-state index contributed by atoms with van der Waals surface area (Å²) in [4.78, 5) is 10.1. The smallest absolute Gasteiger partial charge is 0.269 e. The van der Waals surface area contributed by atoms with Gasteiger partial charge in [0.2, 0.25) is 10.0 Å². The molecule has 0 aromatic heterocycles. The zero-order valence-corrected chi connectivity index (χ0v) is 13.7. The number of nitrogens with zero attached hydrogens (tertiary/aromatic N) is 2. The first-order valence-electron chi connectivity index (χ1n) is 7.16. The highest BCUT2D eigenvalue weighted by molar-refractivity contribution is 7.89. The second-order valence-electron chi connectivity index (χ2n) is 6.50. The second kappa shape index (κ2) is 5.23. The summed E-state index contributed by atoms with van der Waals surface area (Å²) in [5, 5.41) is 10.6. The summed E-state index contributed by atoms with van der Waals surface area (Å²) in [6.45, 7) is 5.19. The monoisotopic (exact) mass is 342 g/mol. The van der Waals surface area contributed by atoms with Crippen LogP contribution in [0.4, 0.5) is 5.69 Å². The van der Waals surface area contributed by atoms with E-state index in [4.69, 9.17) is 9.47 Å². The van der Waals surface area contributed by atoms with Crippen molar-refractivity contribution in [1.82, 2.24) is 4.31 Å². The fourth-order valence-electron chi connectivity index (χ4n) is 2.68. The number of hydrogen-bond acceptors (Lipinski definition) is 6. The van der Waals surface area contributed by atoms with Crippen molar-refractivity contribution >= 4 is 15.7 Å². The largest absolute Gasteiger partial charge is 0.350 e. The normalized spacial score (nSPS) is 23.4. The van der Waals surface area contributed by atoms with Gasteiger partial charge in [0.1, 0.15) is 0 Å². The lowest BCUT2D eigenvalue weighted by Gasteiger charge is -2.53. The molecule has 1 aromatic carbocycles. The van der Waals surface area contributed by atoms with E-state index >= 15 is 0 Å². The molecule has 23 heavy (non-hydrogen) atoms. The van der Waals surface area contributed by atoms with Crippen molar-refractivity contribution in [1.29, 1.82) is 0 Å². The Hall–Kier alpha value is -1.55. The molecule has 1 aromatic rings. The first kappa shape index (κ1) is 16.3. The topological polar surface area (TPSA) is 99.0 Å². The van der Waals surface area contributed by atoms with E-state index in [1.807, 2.05) is 13.8 Å². The molecular formula is C14H18N2O6S. The van der Waals surface area contributed by atoms with Crippen LogP contribution < -0.4 is 0 Å². The fraction of sp³-hybridized carbons (Fsp3) is 0.571. The minimum absolute atomic E-state index is 0.0518. The molecule has 9 heteroatoms. The number of sulfonamides is 1. The SMILES string of the molecule is CC1(C)OCC2(CO1)CN(S(=O)(=O)c1ccc([N+](=O)[O-])cc1)C2. The zero-order valence-electron chi connectivity index (χ0n) is 12.9. The number of non-ortho nitro benzene ring substituents is 1. The Kier molecular flexibility index (Phi) is 3.71. The Morgan fingerprint density at radius 2 is 1.65 bits per heavy atom. The Morgan fingerprint density at radius 1 is 1.13 bits per heavy atom. The van der Waals surface area contributed by atoms with Crippen LogP contribution in [0.25, 0.3) is 0 Å². The van der Waals surface area contributed by atoms with Gasteiger partial charge in [-0.3, -0.25) is 10.1 Å². The molecule has 2 heterocycles. The van der Waals surface area contributed by atoms with Gasteiger partial charge in [0.15, 0.2) is 5.79 Å². The summed E-state index contributed by atoms with van der Waals surface area (Å²) in [5.74, 6) is -0.636. The van der Waals surface area contributed by atoms with Crippen LogP contribution in [-0.2, 0) is 19.5 Å². The number of hydrogen-bond donors (Lipinski definition) is 0. The van der Waals surface area contributed by atoms with Gasteiger partial charge in [-0.1, -0.05) is 0 Å². The van der Waals surface area contributed by atoms with Crippen molar-refractivity contribution in [3.63, 3.8) is 0 Å². The Balaban J connectivity index is 1.70. The van der Waals surface area contributed by atoms with Gasteiger partial charge in [-0.25, -0.2) is 8.42 Å². The first-order chi connectivity index (χ1) is 10.6. The minimum Gasteiger partial charge on any atom is -0.350 e. The molecule has 2 saturated heterocycles. The molecular weight excluding hydrogens is 324 g/mol. The number of ether oxygens (including phenoxy) is 2. The van der Waals surface area contributed by atoms with Crippen LogP contribution >= 0.6 is 0 Å². The predicted molar refractivity (Wildman–Crippen MR) is 80.3 cm³/mol. The van der Waals surface area contributed by atoms with Crippen molar-refractivity contribution in [2.45, 2.75) is 24.5 Å². The van der Waals surface area contributed by atoms with E-state index in [0.717, 1.165) is 0 Å². The van der Waals surface area contributed by atoms with Crippen LogP contribution in [0.3, 0.4) is 0 Å². The summed E-state index contributed by atoms with van der Waals surface area (Å²) in [6.07, 6.45) is 0. The highest BCUT2D eigenvalue weighted by Gasteiger charge is 2.52. The van der Waals surface area contributed by atoms with Crippen molar-refractivity contribution in [3.05, 3.63) is 34.4 Å². The van der Waals surface area contributed by atoms with E-state index in [1.54, 1.807) is 0 Å². The van der Waals surface area contributed by atoms with Crippen LogP contribution in [0.5, 0.6) is 0 Å². The molecule has 2 aliphatic heterocycles. The lowest BCUT2D eigenvalue weighted by molar-refractivity contribution is -0.384. The summed E-state index contributed by atoms with van der Waals surface area (Å²) in [5.41, 5.74) is -0.441. The Labute approximate surface area is 134 Å². The molecule has 1 spiro atoms. The van der Waals surface area contributed by atoms with Crippen molar-refractivity contribution in [2.75, 3.05) is 26.3 Å². The van der Waals surface area contributed by atoms with Gasteiger partial charge in [-0.2, -0.15) is 4.31 Å². The Morgan fingerprint density at radius 3 is 2.13 bits per heavy atom. The van der Waals surface area contributed by atoms with Gasteiger partial charge in [-0.15, -0.1) is 0 Å². The van der Waals surface area contributed by atoms with Crippen molar-refractivity contribution in [2.24, 2.45) is 5.41 Å². The average Bonchev–Trinajstić information content (AvgIpc) is 2.45. The highest BCUT2D eigenvalue weighted by atomic mass is 32.2. The molecule has 0 radical (unpaired) electrons. The predicted octanol–water partition coefficient (Wildman–Crippen LogP) is 1.37. The standard InChI is InChI=1S/C14H18N2O6S/c1-13(2)21-9-14(10-22-13)7-15(8-14)23(19,20)12-5-3-11(4-6-12)16(17)18/h3-6H,7-10H2,1-2H3. The van der Waals surface area contributed by atoms with E-state index in [0.29, 0.717) is 26.3 Å². The lowest BCUT2D eigenvalue weighted by Crippen LogP contribution is -2.65. The number of rotatable bonds is 3. The van der Waals surface area contributed by atoms with Crippen LogP contribution in [0.15, 0.2) is 29.2 Å². The van der Waals surface area contributed by atoms with Crippen molar-refractivity contribution in [3.8, 4) is 0 Å². The molecule has 0 bridgehead atoms. The van der Waals surface area contributed by atoms with Gasteiger partial charge >= 0.3 is 0 Å². The fourth-order valence-corrected chi connectivity index (χ4v) is 4.35. The van der Waals surface area contributed by atoms with E-state index in [1.165, 1.54) is 28.6 Å². The molecule has 0 amide bonds. The molecule has 0 aliphatic carbocycles. The number of nitro groups is 1. The van der Waals surface area contributed by atoms with Gasteiger partial charge in [-0.05, 0) is 26.0 Å². The van der Waals surface area contributed by atoms with Crippen LogP contribution in [0, 0.1) is 15.5 Å². The third-order valence-electron chi connectivity index (χ3n) is 4.16. The van der Waals surface area contributed by atoms with Gasteiger partial charge in [0.25, 0.3) is 5.69 Å². The first-order valence-corrected chi connectivity index (χ1v) is 8.60. The molecule has 0 saturated carbocycles. The summed E-state index contributed by atoms with van der Waals surface area (Å²) in [7, 11) is -3.65. The van der Waals surface area contributed by atoms with Crippen LogP contribution in [0.2, 0.25) is 0 Å². The van der Waals surface area contributed by atoms with Gasteiger partial charge < -0.3 is 9.47 Å². The summed E-state index contributed by atoms with van der Waals surface area (Å²) < 4.78 is 37.6. The van der Waals surface area contributed by atoms with E-state index in [2.05, 4.69) is 0 Å². The third-order valence-corrected chi connectivity index (χ3v) is 5.97. The van der Waals surface area contributed by atoms with Gasteiger partial charge in [0, 0.05) is 30.6 Å². The highest BCUT2D eigenvalue weighted by Crippen LogP contribution is 2.40. The lowest BCUT2D eigenvalue weighted by atomic mass is 9.82. The molecule has 0 atom stereocenters. The zero-order chi connectivity index (χ0) is 16.9.